The van der Waals surface area contributed by atoms with E-state index in [0.717, 1.165) is 0 Å². The van der Waals surface area contributed by atoms with Gasteiger partial charge in [-0.15, -0.1) is 0 Å². The van der Waals surface area contributed by atoms with Crippen molar-refractivity contribution in [1.82, 2.24) is 12.3 Å². The summed E-state index contributed by atoms with van der Waals surface area (Å²) in [6.45, 7) is 0. The summed E-state index contributed by atoms with van der Waals surface area (Å²) in [6, 6.07) is 0. The first kappa shape index (κ1) is 196. The van der Waals surface area contributed by atoms with Gasteiger partial charge in [-0.3, -0.25) is 0 Å². The third-order valence-corrected chi connectivity index (χ3v) is 0. The van der Waals surface area contributed by atoms with Crippen LogP contribution >= 0.6 is 0 Å². The van der Waals surface area contributed by atoms with Gasteiger partial charge in [-0.2, -0.15) is 0 Å². The predicted molar refractivity (Wildman–Crippen MR) is 10.0 cm³/mol. The zero-order valence-corrected chi connectivity index (χ0v) is 7.32. The van der Waals surface area contributed by atoms with Crippen LogP contribution in [0.1, 0.15) is 0 Å². The van der Waals surface area contributed by atoms with Crippen LogP contribution in [0, 0.1) is 0 Å². The van der Waals surface area contributed by atoms with Crippen LogP contribution in [0.15, 0.2) is 0 Å². The Morgan fingerprint density at radius 2 is 0.429 bits per heavy atom. The van der Waals surface area contributed by atoms with E-state index >= 15 is 0 Å². The number of hydrogen-bond donors (Lipinski definition) is 2. The minimum absolute atomic E-state index is 0. The molecule has 0 aromatic carbocycles. The van der Waals surface area contributed by atoms with Crippen LogP contribution in [0.5, 0.6) is 0 Å². The molecule has 0 spiro atoms. The molecule has 0 aliphatic rings. The van der Waals surface area contributed by atoms with E-state index < -0.39 is 0 Å². The zero-order valence-electron chi connectivity index (χ0n) is 3.26. The summed E-state index contributed by atoms with van der Waals surface area (Å²) in [6.07, 6.45) is 0. The average Bonchev–Trinajstić information content (AvgIpc) is 0. The fraction of sp³-hybridized carbons (Fsp3) is 0. The molecular formula is H6Cl4CoN2-. The van der Waals surface area contributed by atoms with E-state index in [2.05, 4.69) is 0 Å². The second-order valence-corrected chi connectivity index (χ2v) is 0. The fourth-order valence-electron chi connectivity index (χ4n) is 0. The van der Waals surface area contributed by atoms with Gasteiger partial charge >= 0.3 is 16.8 Å². The van der Waals surface area contributed by atoms with Gasteiger partial charge in [0.25, 0.3) is 0 Å². The molecular weight excluding hydrogens is 229 g/mol. The maximum absolute atomic E-state index is 0. The first-order chi connectivity index (χ1) is 0. The third kappa shape index (κ3) is 94.1. The maximum atomic E-state index is 0. The molecule has 2 nitrogen and oxygen atoms in total. The van der Waals surface area contributed by atoms with Crippen LogP contribution in [-0.2, 0) is 16.8 Å². The topological polar surface area (TPSA) is 70.0 Å². The fourth-order valence-corrected chi connectivity index (χ4v) is 0. The Hall–Kier alpha value is 1.59. The summed E-state index contributed by atoms with van der Waals surface area (Å²) in [4.78, 5) is 0. The molecule has 0 aliphatic carbocycles. The first-order valence-corrected chi connectivity index (χ1v) is 0. The Morgan fingerprint density at radius 1 is 0.429 bits per heavy atom. The standard InChI is InChI=1S/4ClH.Co.2H3N/h4*1H;;2*1H3/q;;;;+3;;/p-4. The van der Waals surface area contributed by atoms with Crippen molar-refractivity contribution in [3.05, 3.63) is 0 Å². The molecule has 0 aromatic heterocycles. The van der Waals surface area contributed by atoms with E-state index in [0.29, 0.717) is 0 Å². The van der Waals surface area contributed by atoms with Crippen LogP contribution in [0.2, 0.25) is 0 Å². The summed E-state index contributed by atoms with van der Waals surface area (Å²) in [5.74, 6) is 0. The average molecular weight is 235 g/mol. The van der Waals surface area contributed by atoms with Crippen molar-refractivity contribution >= 4 is 0 Å². The molecule has 0 fully saturated rings. The Labute approximate surface area is 78.6 Å². The van der Waals surface area contributed by atoms with E-state index in [1.807, 2.05) is 0 Å². The Bertz CT molecular complexity index is 9.65. The second kappa shape index (κ2) is 131. The third-order valence-electron chi connectivity index (χ3n) is 0. The van der Waals surface area contributed by atoms with Crippen molar-refractivity contribution in [3.63, 3.8) is 0 Å². The zero-order chi connectivity index (χ0) is 0. The van der Waals surface area contributed by atoms with Crippen LogP contribution in [0.4, 0.5) is 0 Å². The van der Waals surface area contributed by atoms with Gasteiger partial charge in [0.2, 0.25) is 0 Å². The van der Waals surface area contributed by atoms with Gasteiger partial charge in [-0.25, -0.2) is 0 Å². The molecule has 0 amide bonds. The predicted octanol–water partition coefficient (Wildman–Crippen LogP) is -11.7. The van der Waals surface area contributed by atoms with E-state index in [1.165, 1.54) is 0 Å². The minimum Gasteiger partial charge on any atom is -1.00 e. The van der Waals surface area contributed by atoms with E-state index in [4.69, 9.17) is 0 Å². The Balaban J connectivity index is 0. The number of hydrogen-bond acceptors (Lipinski definition) is 2. The van der Waals surface area contributed by atoms with Gasteiger partial charge in [0.15, 0.2) is 0 Å². The van der Waals surface area contributed by atoms with Crippen molar-refractivity contribution in [1.29, 1.82) is 0 Å². The summed E-state index contributed by atoms with van der Waals surface area (Å²) >= 11 is 0. The smallest absolute Gasteiger partial charge is 1.00 e. The molecule has 0 atom stereocenters. The van der Waals surface area contributed by atoms with Crippen molar-refractivity contribution in [2.75, 3.05) is 0 Å². The van der Waals surface area contributed by atoms with Gasteiger partial charge < -0.3 is 61.9 Å². The summed E-state index contributed by atoms with van der Waals surface area (Å²) < 4.78 is 0. The molecule has 0 aliphatic heterocycles. The van der Waals surface area contributed by atoms with Crippen molar-refractivity contribution in [2.45, 2.75) is 0 Å². The first-order valence-electron chi connectivity index (χ1n) is 0. The SMILES string of the molecule is N.N.[Cl-].[Cl-].[Cl-].[Cl-].[Co+3]. The summed E-state index contributed by atoms with van der Waals surface area (Å²) in [5.41, 5.74) is 0. The molecule has 0 unspecified atom stereocenters. The van der Waals surface area contributed by atoms with Crippen molar-refractivity contribution in [3.8, 4) is 0 Å². The quantitative estimate of drug-likeness (QED) is 0.437. The van der Waals surface area contributed by atoms with Crippen molar-refractivity contribution in [2.24, 2.45) is 0 Å². The minimum atomic E-state index is 0. The normalized spacial score (nSPS) is 0. The van der Waals surface area contributed by atoms with Crippen LogP contribution in [0.3, 0.4) is 0 Å². The van der Waals surface area contributed by atoms with Gasteiger partial charge in [-0.05, 0) is 0 Å². The summed E-state index contributed by atoms with van der Waals surface area (Å²) in [7, 11) is 0. The van der Waals surface area contributed by atoms with Crippen LogP contribution < -0.4 is 61.9 Å². The molecule has 0 radical (unpaired) electrons. The molecule has 0 aromatic rings. The molecule has 7 heavy (non-hydrogen) atoms. The number of halogens is 4. The second-order valence-electron chi connectivity index (χ2n) is 0. The molecule has 7 heteroatoms. The molecule has 54 valence electrons. The number of rotatable bonds is 0. The Morgan fingerprint density at radius 3 is 0.429 bits per heavy atom. The van der Waals surface area contributed by atoms with E-state index in [-0.39, 0.29) is 78.7 Å². The largest absolute Gasteiger partial charge is 3.00 e. The van der Waals surface area contributed by atoms with Gasteiger partial charge in [0, 0.05) is 0 Å². The summed E-state index contributed by atoms with van der Waals surface area (Å²) in [5, 5.41) is 0. The van der Waals surface area contributed by atoms with Crippen LogP contribution in [0.25, 0.3) is 0 Å². The van der Waals surface area contributed by atoms with Gasteiger partial charge in [0.1, 0.15) is 0 Å². The molecule has 0 rings (SSSR count). The van der Waals surface area contributed by atoms with Gasteiger partial charge in [-0.1, -0.05) is 0 Å². The van der Waals surface area contributed by atoms with E-state index in [9.17, 15) is 0 Å². The molecule has 6 N–H and O–H groups in total. The van der Waals surface area contributed by atoms with Crippen molar-refractivity contribution < 1.29 is 66.4 Å². The maximum Gasteiger partial charge on any atom is 3.00 e. The van der Waals surface area contributed by atoms with Gasteiger partial charge in [0.05, 0.1) is 0 Å². The molecule has 0 saturated carbocycles. The van der Waals surface area contributed by atoms with Crippen LogP contribution in [-0.4, -0.2) is 0 Å². The monoisotopic (exact) mass is 233 g/mol. The Kier molecular flexibility index (Phi) is 3670. The molecule has 0 heterocycles. The molecule has 0 bridgehead atoms. The molecule has 0 saturated heterocycles. The van der Waals surface area contributed by atoms with E-state index in [1.54, 1.807) is 0 Å².